The van der Waals surface area contributed by atoms with Crippen LogP contribution in [0.15, 0.2) is 42.5 Å². The van der Waals surface area contributed by atoms with Gasteiger partial charge in [-0.05, 0) is 36.2 Å². The van der Waals surface area contributed by atoms with Crippen LogP contribution in [0.2, 0.25) is 5.02 Å². The summed E-state index contributed by atoms with van der Waals surface area (Å²) in [5, 5.41) is 8.30. The predicted molar refractivity (Wildman–Crippen MR) is 131 cm³/mol. The summed E-state index contributed by atoms with van der Waals surface area (Å²) >= 11 is 8.23. The predicted octanol–water partition coefficient (Wildman–Crippen LogP) is 5.08. The Morgan fingerprint density at radius 2 is 1.82 bits per heavy atom. The van der Waals surface area contributed by atoms with Crippen molar-refractivity contribution in [1.82, 2.24) is 15.1 Å². The Morgan fingerprint density at radius 3 is 2.48 bits per heavy atom. The van der Waals surface area contributed by atoms with E-state index in [1.165, 1.54) is 0 Å². The molecule has 7 nitrogen and oxygen atoms in total. The van der Waals surface area contributed by atoms with Gasteiger partial charge in [-0.2, -0.15) is 16.9 Å². The highest BCUT2D eigenvalue weighted by atomic mass is 35.5. The van der Waals surface area contributed by atoms with Crippen LogP contribution in [0.25, 0.3) is 11.3 Å². The summed E-state index contributed by atoms with van der Waals surface area (Å²) in [5.41, 5.74) is 2.95. The third-order valence-corrected chi connectivity index (χ3v) is 7.30. The maximum Gasteiger partial charge on any atom is 0.271 e. The first-order chi connectivity index (χ1) is 16.0. The molecule has 0 saturated carbocycles. The molecular formula is C24H26ClN3O4S. The standard InChI is InChI=1S/C24H26ClN3O4S/c1-30-20-12-15(13-21(31-2)23(20)32-3)18-14-19(27-26-18)24(29)28-9-8-22(33-11-10-28)16-6-4-5-7-17(16)25/h4-7,12-14,22H,8-11H2,1-3H3,(H,26,27). The van der Waals surface area contributed by atoms with Gasteiger partial charge in [0.15, 0.2) is 11.5 Å². The first kappa shape index (κ1) is 23.3. The highest BCUT2D eigenvalue weighted by molar-refractivity contribution is 7.99. The van der Waals surface area contributed by atoms with Crippen molar-refractivity contribution in [3.63, 3.8) is 0 Å². The van der Waals surface area contributed by atoms with Crippen molar-refractivity contribution < 1.29 is 19.0 Å². The average molecular weight is 488 g/mol. The zero-order chi connectivity index (χ0) is 23.4. The number of nitrogens with zero attached hydrogens (tertiary/aromatic N) is 2. The first-order valence-electron chi connectivity index (χ1n) is 10.6. The Kier molecular flexibility index (Phi) is 7.35. The molecule has 1 amide bonds. The normalized spacial score (nSPS) is 16.2. The van der Waals surface area contributed by atoms with Crippen LogP contribution in [-0.2, 0) is 0 Å². The quantitative estimate of drug-likeness (QED) is 0.522. The molecular weight excluding hydrogens is 462 g/mol. The van der Waals surface area contributed by atoms with Crippen LogP contribution in [0.5, 0.6) is 17.2 Å². The highest BCUT2D eigenvalue weighted by Crippen LogP contribution is 2.41. The summed E-state index contributed by atoms with van der Waals surface area (Å²) in [6.45, 7) is 1.32. The van der Waals surface area contributed by atoms with Crippen molar-refractivity contribution in [2.45, 2.75) is 11.7 Å². The lowest BCUT2D eigenvalue weighted by molar-refractivity contribution is 0.0760. The van der Waals surface area contributed by atoms with Crippen LogP contribution in [0, 0.1) is 0 Å². The molecule has 1 aliphatic heterocycles. The molecule has 0 spiro atoms. The molecule has 1 unspecified atom stereocenters. The molecule has 1 fully saturated rings. The second kappa shape index (κ2) is 10.4. The van der Waals surface area contributed by atoms with Crippen molar-refractivity contribution in [3.8, 4) is 28.5 Å². The number of methoxy groups -OCH3 is 3. The number of carbonyl (C=O) groups is 1. The van der Waals surface area contributed by atoms with E-state index in [0.717, 1.165) is 28.3 Å². The molecule has 1 aromatic heterocycles. The smallest absolute Gasteiger partial charge is 0.271 e. The van der Waals surface area contributed by atoms with Gasteiger partial charge in [0.05, 0.1) is 27.0 Å². The van der Waals surface area contributed by atoms with Gasteiger partial charge in [-0.1, -0.05) is 29.8 Å². The lowest BCUT2D eigenvalue weighted by Crippen LogP contribution is -2.33. The molecule has 1 N–H and O–H groups in total. The number of hydrogen-bond donors (Lipinski definition) is 1. The number of aromatic nitrogens is 2. The van der Waals surface area contributed by atoms with Crippen LogP contribution in [0.1, 0.15) is 27.7 Å². The largest absolute Gasteiger partial charge is 0.493 e. The van der Waals surface area contributed by atoms with Crippen LogP contribution in [0.3, 0.4) is 0 Å². The molecule has 1 aliphatic rings. The first-order valence-corrected chi connectivity index (χ1v) is 12.0. The zero-order valence-corrected chi connectivity index (χ0v) is 20.3. The fraction of sp³-hybridized carbons (Fsp3) is 0.333. The number of H-pyrrole nitrogens is 1. The lowest BCUT2D eigenvalue weighted by Gasteiger charge is -2.19. The van der Waals surface area contributed by atoms with Gasteiger partial charge < -0.3 is 19.1 Å². The minimum atomic E-state index is -0.0680. The van der Waals surface area contributed by atoms with E-state index in [4.69, 9.17) is 25.8 Å². The summed E-state index contributed by atoms with van der Waals surface area (Å²) < 4.78 is 16.2. The fourth-order valence-corrected chi connectivity index (χ4v) is 5.54. The van der Waals surface area contributed by atoms with E-state index in [2.05, 4.69) is 16.3 Å². The number of nitrogens with one attached hydrogen (secondary N) is 1. The highest BCUT2D eigenvalue weighted by Gasteiger charge is 2.25. The molecule has 2 aromatic carbocycles. The van der Waals surface area contributed by atoms with E-state index in [9.17, 15) is 4.79 Å². The van der Waals surface area contributed by atoms with Gasteiger partial charge in [0.1, 0.15) is 5.69 Å². The molecule has 33 heavy (non-hydrogen) atoms. The van der Waals surface area contributed by atoms with Crippen LogP contribution in [-0.4, -0.2) is 61.2 Å². The van der Waals surface area contributed by atoms with Gasteiger partial charge >= 0.3 is 0 Å². The molecule has 4 rings (SSSR count). The van der Waals surface area contributed by atoms with Crippen molar-refractivity contribution in [2.24, 2.45) is 0 Å². The Balaban J connectivity index is 1.51. The Morgan fingerprint density at radius 1 is 1.09 bits per heavy atom. The summed E-state index contributed by atoms with van der Waals surface area (Å²) in [7, 11) is 4.68. The van der Waals surface area contributed by atoms with E-state index in [1.807, 2.05) is 47.0 Å². The Bertz CT molecular complexity index is 1110. The van der Waals surface area contributed by atoms with Crippen molar-refractivity contribution in [1.29, 1.82) is 0 Å². The molecule has 3 aromatic rings. The van der Waals surface area contributed by atoms with E-state index in [1.54, 1.807) is 27.4 Å². The fourth-order valence-electron chi connectivity index (χ4n) is 3.94. The van der Waals surface area contributed by atoms with Gasteiger partial charge in [-0.25, -0.2) is 0 Å². The van der Waals surface area contributed by atoms with Crippen LogP contribution in [0.4, 0.5) is 0 Å². The van der Waals surface area contributed by atoms with Gasteiger partial charge in [0, 0.05) is 34.7 Å². The Labute approximate surface area is 202 Å². The maximum absolute atomic E-state index is 13.2. The summed E-state index contributed by atoms with van der Waals surface area (Å²) in [6.07, 6.45) is 0.841. The molecule has 2 heterocycles. The van der Waals surface area contributed by atoms with E-state index >= 15 is 0 Å². The molecule has 0 aliphatic carbocycles. The summed E-state index contributed by atoms with van der Waals surface area (Å²) in [5.74, 6) is 2.33. The molecule has 174 valence electrons. The summed E-state index contributed by atoms with van der Waals surface area (Å²) in [6, 6.07) is 13.3. The average Bonchev–Trinajstić information content (AvgIpc) is 3.21. The topological polar surface area (TPSA) is 76.7 Å². The number of ether oxygens (including phenoxy) is 3. The second-order valence-corrected chi connectivity index (χ2v) is 9.26. The minimum absolute atomic E-state index is 0.0680. The number of thioether (sulfide) groups is 1. The Hall–Kier alpha value is -2.84. The number of carbonyl (C=O) groups excluding carboxylic acids is 1. The minimum Gasteiger partial charge on any atom is -0.493 e. The number of benzene rings is 2. The van der Waals surface area contributed by atoms with E-state index in [-0.39, 0.29) is 11.2 Å². The maximum atomic E-state index is 13.2. The molecule has 1 atom stereocenters. The van der Waals surface area contributed by atoms with Crippen molar-refractivity contribution in [3.05, 3.63) is 58.7 Å². The van der Waals surface area contributed by atoms with Crippen molar-refractivity contribution >= 4 is 29.3 Å². The lowest BCUT2D eigenvalue weighted by atomic mass is 10.1. The second-order valence-electron chi connectivity index (χ2n) is 7.54. The van der Waals surface area contributed by atoms with Crippen molar-refractivity contribution in [2.75, 3.05) is 40.2 Å². The molecule has 0 bridgehead atoms. The zero-order valence-electron chi connectivity index (χ0n) is 18.8. The summed E-state index contributed by atoms with van der Waals surface area (Å²) in [4.78, 5) is 15.1. The van der Waals surface area contributed by atoms with Gasteiger partial charge in [0.2, 0.25) is 5.75 Å². The third-order valence-electron chi connectivity index (χ3n) is 5.65. The monoisotopic (exact) mass is 487 g/mol. The van der Waals surface area contributed by atoms with Gasteiger partial charge in [-0.3, -0.25) is 9.89 Å². The number of halogens is 1. The number of rotatable bonds is 6. The molecule has 1 saturated heterocycles. The van der Waals surface area contributed by atoms with Crippen LogP contribution < -0.4 is 14.2 Å². The van der Waals surface area contributed by atoms with E-state index < -0.39 is 0 Å². The van der Waals surface area contributed by atoms with Gasteiger partial charge in [-0.15, -0.1) is 0 Å². The molecule has 9 heteroatoms. The third kappa shape index (κ3) is 4.91. The molecule has 0 radical (unpaired) electrons. The number of aromatic amines is 1. The SMILES string of the molecule is COc1cc(-c2cc(C(=O)N3CCSC(c4ccccc4Cl)CC3)[nH]n2)cc(OC)c1OC. The van der Waals surface area contributed by atoms with Gasteiger partial charge in [0.25, 0.3) is 5.91 Å². The van der Waals surface area contributed by atoms with E-state index in [0.29, 0.717) is 41.7 Å². The number of hydrogen-bond acceptors (Lipinski definition) is 6. The van der Waals surface area contributed by atoms with Crippen LogP contribution >= 0.6 is 23.4 Å². The number of amides is 1.